The first kappa shape index (κ1) is 17.6. The number of Topliss-reactive ketones (excluding diaryl/α,β-unsaturated/α-hetero) is 1. The van der Waals surface area contributed by atoms with E-state index < -0.39 is 17.6 Å². The summed E-state index contributed by atoms with van der Waals surface area (Å²) >= 11 is 0. The Kier molecular flexibility index (Phi) is 3.98. The summed E-state index contributed by atoms with van der Waals surface area (Å²) in [6, 6.07) is 13.9. The lowest BCUT2D eigenvalue weighted by atomic mass is 9.80. The molecule has 5 nitrogen and oxygen atoms in total. The Hall–Kier alpha value is -2.82. The molecule has 0 aromatic heterocycles. The first-order chi connectivity index (χ1) is 12.8. The van der Waals surface area contributed by atoms with Gasteiger partial charge in [-0.2, -0.15) is 0 Å². The van der Waals surface area contributed by atoms with Gasteiger partial charge in [-0.25, -0.2) is 4.79 Å². The number of ketones is 1. The lowest BCUT2D eigenvalue weighted by molar-refractivity contribution is 0.0166. The Morgan fingerprint density at radius 3 is 2.33 bits per heavy atom. The highest BCUT2D eigenvalue weighted by atomic mass is 16.6. The molecule has 1 N–H and O–H groups in total. The first-order valence-electron chi connectivity index (χ1n) is 9.20. The molecule has 3 atom stereocenters. The number of phenolic OH excluding ortho intramolecular Hbond substituents is 1. The van der Waals surface area contributed by atoms with Crippen molar-refractivity contribution >= 4 is 11.9 Å². The zero-order valence-electron chi connectivity index (χ0n) is 15.7. The number of hydrogen-bond acceptors (Lipinski definition) is 4. The number of phenols is 1. The van der Waals surface area contributed by atoms with E-state index in [0.29, 0.717) is 12.0 Å². The zero-order chi connectivity index (χ0) is 19.3. The van der Waals surface area contributed by atoms with E-state index in [-0.39, 0.29) is 23.6 Å². The van der Waals surface area contributed by atoms with E-state index in [9.17, 15) is 14.7 Å². The zero-order valence-corrected chi connectivity index (χ0v) is 15.7. The SMILES string of the molecule is CC(C)(C)OC(=O)N1[C@H]2C[C@@H](C(=O)c3ccccc3O)[C@@H]1c1ccccc12. The van der Waals surface area contributed by atoms with E-state index in [4.69, 9.17) is 4.74 Å². The fourth-order valence-electron chi connectivity index (χ4n) is 4.29. The Bertz CT molecular complexity index is 915. The predicted molar refractivity (Wildman–Crippen MR) is 101 cm³/mol. The van der Waals surface area contributed by atoms with Crippen LogP contribution in [0.1, 0.15) is 60.8 Å². The molecule has 2 aliphatic rings. The van der Waals surface area contributed by atoms with Crippen LogP contribution in [0.4, 0.5) is 4.79 Å². The number of carbonyl (C=O) groups excluding carboxylic acids is 2. The molecule has 2 aliphatic heterocycles. The monoisotopic (exact) mass is 365 g/mol. The molecule has 27 heavy (non-hydrogen) atoms. The van der Waals surface area contributed by atoms with Crippen molar-refractivity contribution in [3.8, 4) is 5.75 Å². The van der Waals surface area contributed by atoms with Crippen molar-refractivity contribution in [2.24, 2.45) is 5.92 Å². The third kappa shape index (κ3) is 2.87. The molecule has 1 saturated heterocycles. The van der Waals surface area contributed by atoms with Gasteiger partial charge >= 0.3 is 6.09 Å². The second-order valence-electron chi connectivity index (χ2n) is 8.20. The molecular formula is C22H23NO4. The Labute approximate surface area is 158 Å². The first-order valence-corrected chi connectivity index (χ1v) is 9.20. The number of nitrogens with zero attached hydrogens (tertiary/aromatic N) is 1. The molecular weight excluding hydrogens is 342 g/mol. The van der Waals surface area contributed by atoms with Crippen molar-refractivity contribution in [1.82, 2.24) is 4.90 Å². The second kappa shape index (κ2) is 6.12. The molecule has 0 unspecified atom stereocenters. The normalized spacial score (nSPS) is 23.2. The van der Waals surface area contributed by atoms with Gasteiger partial charge in [-0.1, -0.05) is 36.4 Å². The average molecular weight is 365 g/mol. The van der Waals surface area contributed by atoms with E-state index in [1.807, 2.05) is 45.0 Å². The highest BCUT2D eigenvalue weighted by Gasteiger charge is 2.55. The molecule has 4 rings (SSSR count). The summed E-state index contributed by atoms with van der Waals surface area (Å²) in [7, 11) is 0. The molecule has 2 aromatic rings. The lowest BCUT2D eigenvalue weighted by Crippen LogP contribution is -2.36. The Balaban J connectivity index is 1.72. The summed E-state index contributed by atoms with van der Waals surface area (Å²) in [4.78, 5) is 27.8. The van der Waals surface area contributed by atoms with Crippen LogP contribution in [-0.2, 0) is 4.74 Å². The fraction of sp³-hybridized carbons (Fsp3) is 0.364. The van der Waals surface area contributed by atoms with Gasteiger partial charge in [-0.3, -0.25) is 9.69 Å². The van der Waals surface area contributed by atoms with E-state index in [2.05, 4.69) is 0 Å². The molecule has 1 amide bonds. The number of hydrogen-bond donors (Lipinski definition) is 1. The molecule has 2 aromatic carbocycles. The van der Waals surface area contributed by atoms with Crippen LogP contribution in [0.3, 0.4) is 0 Å². The van der Waals surface area contributed by atoms with Crippen LogP contribution in [-0.4, -0.2) is 27.5 Å². The average Bonchev–Trinajstić information content (AvgIpc) is 3.15. The van der Waals surface area contributed by atoms with Crippen LogP contribution in [0.5, 0.6) is 5.75 Å². The molecule has 2 bridgehead atoms. The maximum absolute atomic E-state index is 13.2. The van der Waals surface area contributed by atoms with Crippen molar-refractivity contribution < 1.29 is 19.4 Å². The van der Waals surface area contributed by atoms with Crippen molar-refractivity contribution in [1.29, 1.82) is 0 Å². The highest BCUT2D eigenvalue weighted by Crippen LogP contribution is 2.57. The number of rotatable bonds is 2. The van der Waals surface area contributed by atoms with Crippen LogP contribution in [0.25, 0.3) is 0 Å². The summed E-state index contributed by atoms with van der Waals surface area (Å²) in [5.41, 5.74) is 1.77. The summed E-state index contributed by atoms with van der Waals surface area (Å²) in [6.07, 6.45) is 0.134. The van der Waals surface area contributed by atoms with Gasteiger partial charge in [0, 0.05) is 5.92 Å². The standard InChI is InChI=1S/C22H23NO4/c1-22(2,3)27-21(26)23-17-12-16(19(23)14-9-5-4-8-13(14)17)20(25)15-10-6-7-11-18(15)24/h4-11,16-17,19,24H,12H2,1-3H3/t16-,17+,19+/m1/s1. The highest BCUT2D eigenvalue weighted by molar-refractivity contribution is 6.01. The van der Waals surface area contributed by atoms with Crippen molar-refractivity contribution in [2.45, 2.75) is 44.9 Å². The number of amides is 1. The quantitative estimate of drug-likeness (QED) is 0.788. The van der Waals surface area contributed by atoms with E-state index in [0.717, 1.165) is 11.1 Å². The number of carbonyl (C=O) groups is 2. The van der Waals surface area contributed by atoms with Gasteiger partial charge in [-0.15, -0.1) is 0 Å². The van der Waals surface area contributed by atoms with Crippen molar-refractivity contribution in [3.63, 3.8) is 0 Å². The Morgan fingerprint density at radius 2 is 1.67 bits per heavy atom. The molecule has 140 valence electrons. The Morgan fingerprint density at radius 1 is 1.04 bits per heavy atom. The number of para-hydroxylation sites is 1. The third-order valence-electron chi connectivity index (χ3n) is 5.28. The van der Waals surface area contributed by atoms with Crippen LogP contribution in [0.15, 0.2) is 48.5 Å². The number of fused-ring (bicyclic) bond motifs is 5. The van der Waals surface area contributed by atoms with E-state index in [1.54, 1.807) is 23.1 Å². The van der Waals surface area contributed by atoms with Gasteiger partial charge in [0.05, 0.1) is 17.6 Å². The van der Waals surface area contributed by atoms with E-state index in [1.165, 1.54) is 6.07 Å². The minimum Gasteiger partial charge on any atom is -0.507 e. The van der Waals surface area contributed by atoms with Crippen LogP contribution >= 0.6 is 0 Å². The number of ether oxygens (including phenoxy) is 1. The van der Waals surface area contributed by atoms with Crippen molar-refractivity contribution in [3.05, 3.63) is 65.2 Å². The molecule has 0 radical (unpaired) electrons. The smallest absolute Gasteiger partial charge is 0.411 e. The summed E-state index contributed by atoms with van der Waals surface area (Å²) < 4.78 is 5.62. The lowest BCUT2D eigenvalue weighted by Gasteiger charge is -2.28. The van der Waals surface area contributed by atoms with Crippen LogP contribution < -0.4 is 0 Å². The molecule has 0 aliphatic carbocycles. The minimum absolute atomic E-state index is 0.0256. The second-order valence-corrected chi connectivity index (χ2v) is 8.20. The largest absolute Gasteiger partial charge is 0.507 e. The van der Waals surface area contributed by atoms with E-state index >= 15 is 0 Å². The minimum atomic E-state index is -0.609. The molecule has 5 heteroatoms. The van der Waals surface area contributed by atoms with Gasteiger partial charge < -0.3 is 9.84 Å². The van der Waals surface area contributed by atoms with Gasteiger partial charge in [0.1, 0.15) is 11.4 Å². The molecule has 0 spiro atoms. The maximum Gasteiger partial charge on any atom is 0.411 e. The molecule has 2 heterocycles. The fourth-order valence-corrected chi connectivity index (χ4v) is 4.29. The summed E-state index contributed by atoms with van der Waals surface area (Å²) in [6.45, 7) is 5.50. The van der Waals surface area contributed by atoms with Crippen LogP contribution in [0.2, 0.25) is 0 Å². The summed E-state index contributed by atoms with van der Waals surface area (Å²) in [5, 5.41) is 10.1. The van der Waals surface area contributed by atoms with Gasteiger partial charge in [0.2, 0.25) is 0 Å². The van der Waals surface area contributed by atoms with Crippen LogP contribution in [0, 0.1) is 5.92 Å². The van der Waals surface area contributed by atoms with Gasteiger partial charge in [-0.05, 0) is 50.5 Å². The molecule has 1 fully saturated rings. The molecule has 0 saturated carbocycles. The van der Waals surface area contributed by atoms with Crippen molar-refractivity contribution in [2.75, 3.05) is 0 Å². The summed E-state index contributed by atoms with van der Waals surface area (Å²) in [5.74, 6) is -0.559. The number of aromatic hydroxyl groups is 1. The predicted octanol–water partition coefficient (Wildman–Crippen LogP) is 4.63. The van der Waals surface area contributed by atoms with Gasteiger partial charge in [0.25, 0.3) is 0 Å². The van der Waals surface area contributed by atoms with Gasteiger partial charge in [0.15, 0.2) is 5.78 Å². The maximum atomic E-state index is 13.2. The number of benzene rings is 2. The third-order valence-corrected chi connectivity index (χ3v) is 5.28. The topological polar surface area (TPSA) is 66.8 Å².